The van der Waals surface area contributed by atoms with Crippen molar-refractivity contribution in [2.24, 2.45) is 0 Å². The molecule has 19 heavy (non-hydrogen) atoms. The van der Waals surface area contributed by atoms with Gasteiger partial charge in [0.2, 0.25) is 5.91 Å². The zero-order valence-electron chi connectivity index (χ0n) is 10.8. The van der Waals surface area contributed by atoms with E-state index in [2.05, 4.69) is 5.32 Å². The molecule has 0 aliphatic heterocycles. The minimum Gasteiger partial charge on any atom is -0.481 e. The topological polar surface area (TPSA) is 83.5 Å². The van der Waals surface area contributed by atoms with E-state index in [9.17, 15) is 13.8 Å². The van der Waals surface area contributed by atoms with Gasteiger partial charge in [-0.3, -0.25) is 13.8 Å². The maximum atomic E-state index is 12.0. The monoisotopic (exact) mass is 283 g/mol. The lowest BCUT2D eigenvalue weighted by atomic mass is 10.3. The summed E-state index contributed by atoms with van der Waals surface area (Å²) in [4.78, 5) is 22.5. The molecule has 3 atom stereocenters. The van der Waals surface area contributed by atoms with Gasteiger partial charge in [-0.2, -0.15) is 0 Å². The molecule has 1 aromatic carbocycles. The van der Waals surface area contributed by atoms with E-state index in [1.54, 1.807) is 31.2 Å². The summed E-state index contributed by atoms with van der Waals surface area (Å²) in [6.07, 6.45) is -0.213. The first kappa shape index (κ1) is 15.4. The molecule has 0 radical (unpaired) electrons. The minimum absolute atomic E-state index is 0.213. The van der Waals surface area contributed by atoms with Crippen LogP contribution in [0, 0.1) is 0 Å². The molecule has 2 N–H and O–H groups in total. The van der Waals surface area contributed by atoms with Gasteiger partial charge in [0.05, 0.1) is 6.42 Å². The summed E-state index contributed by atoms with van der Waals surface area (Å²) in [5, 5.41) is 9.99. The quantitative estimate of drug-likeness (QED) is 0.831. The molecule has 1 aromatic rings. The third-order valence-electron chi connectivity index (χ3n) is 2.62. The van der Waals surface area contributed by atoms with Crippen molar-refractivity contribution < 1.29 is 18.9 Å². The van der Waals surface area contributed by atoms with Gasteiger partial charge in [0, 0.05) is 21.7 Å². The first-order valence-corrected chi connectivity index (χ1v) is 7.16. The highest BCUT2D eigenvalue weighted by molar-refractivity contribution is 7.87. The van der Waals surface area contributed by atoms with Crippen molar-refractivity contribution >= 4 is 28.4 Å². The number of rotatable bonds is 6. The highest BCUT2D eigenvalue weighted by Gasteiger charge is 2.26. The van der Waals surface area contributed by atoms with Crippen LogP contribution >= 0.6 is 0 Å². The number of carboxylic acids is 1. The molecular formula is C13H17NO4S. The van der Waals surface area contributed by atoms with Gasteiger partial charge in [-0.05, 0) is 19.1 Å². The summed E-state index contributed by atoms with van der Waals surface area (Å²) in [5.41, 5.74) is 0.627. The Bertz CT molecular complexity index is 475. The van der Waals surface area contributed by atoms with Crippen LogP contribution in [0.3, 0.4) is 0 Å². The zero-order valence-corrected chi connectivity index (χ0v) is 11.6. The first-order chi connectivity index (χ1) is 8.91. The number of para-hydroxylation sites is 1. The summed E-state index contributed by atoms with van der Waals surface area (Å²) >= 11 is 0. The summed E-state index contributed by atoms with van der Waals surface area (Å²) < 4.78 is 12.0. The van der Waals surface area contributed by atoms with Crippen LogP contribution in [0.2, 0.25) is 0 Å². The van der Waals surface area contributed by atoms with Gasteiger partial charge in [-0.15, -0.1) is 0 Å². The lowest BCUT2D eigenvalue weighted by Gasteiger charge is -2.15. The molecule has 0 saturated heterocycles. The van der Waals surface area contributed by atoms with Gasteiger partial charge in [0.1, 0.15) is 5.25 Å². The number of benzene rings is 1. The van der Waals surface area contributed by atoms with Gasteiger partial charge in [0.25, 0.3) is 0 Å². The van der Waals surface area contributed by atoms with E-state index in [4.69, 9.17) is 5.11 Å². The average Bonchev–Trinajstić information content (AvgIpc) is 2.37. The highest BCUT2D eigenvalue weighted by atomic mass is 32.2. The van der Waals surface area contributed by atoms with Gasteiger partial charge < -0.3 is 10.4 Å². The Balaban J connectivity index is 2.61. The predicted molar refractivity (Wildman–Crippen MR) is 74.4 cm³/mol. The van der Waals surface area contributed by atoms with Crippen LogP contribution < -0.4 is 5.32 Å². The van der Waals surface area contributed by atoms with Crippen molar-refractivity contribution in [3.8, 4) is 0 Å². The number of hydrogen-bond acceptors (Lipinski definition) is 3. The van der Waals surface area contributed by atoms with Crippen molar-refractivity contribution in [2.75, 3.05) is 5.32 Å². The number of carboxylic acid groups (broad SMARTS) is 1. The molecule has 0 heterocycles. The van der Waals surface area contributed by atoms with Crippen LogP contribution in [-0.2, 0) is 20.4 Å². The molecule has 0 bridgehead atoms. The Morgan fingerprint density at radius 1 is 1.26 bits per heavy atom. The number of anilines is 1. The molecule has 104 valence electrons. The molecule has 0 saturated carbocycles. The van der Waals surface area contributed by atoms with Crippen molar-refractivity contribution in [1.82, 2.24) is 0 Å². The maximum absolute atomic E-state index is 12.0. The smallest absolute Gasteiger partial charge is 0.304 e. The second-order valence-electron chi connectivity index (χ2n) is 4.23. The van der Waals surface area contributed by atoms with E-state index in [0.29, 0.717) is 5.69 Å². The fraction of sp³-hybridized carbons (Fsp3) is 0.385. The molecule has 6 heteroatoms. The van der Waals surface area contributed by atoms with Crippen molar-refractivity contribution in [2.45, 2.75) is 30.8 Å². The van der Waals surface area contributed by atoms with Gasteiger partial charge in [-0.25, -0.2) is 0 Å². The fourth-order valence-electron chi connectivity index (χ4n) is 1.55. The van der Waals surface area contributed by atoms with Gasteiger partial charge in [0.15, 0.2) is 0 Å². The Hall–Kier alpha value is -1.69. The average molecular weight is 283 g/mol. The molecule has 3 unspecified atom stereocenters. The summed E-state index contributed by atoms with van der Waals surface area (Å²) in [5.74, 6) is -1.39. The van der Waals surface area contributed by atoms with Crippen LogP contribution in [0.15, 0.2) is 30.3 Å². The molecule has 1 amide bonds. The van der Waals surface area contributed by atoms with Crippen LogP contribution in [0.25, 0.3) is 0 Å². The Morgan fingerprint density at radius 2 is 1.84 bits per heavy atom. The van der Waals surface area contributed by atoms with Crippen LogP contribution in [0.5, 0.6) is 0 Å². The normalized spacial score (nSPS) is 15.3. The van der Waals surface area contributed by atoms with Gasteiger partial charge >= 0.3 is 5.97 Å². The first-order valence-electron chi connectivity index (χ1n) is 5.89. The number of aliphatic carboxylic acids is 1. The lowest BCUT2D eigenvalue weighted by molar-refractivity contribution is -0.137. The molecule has 0 fully saturated rings. The Morgan fingerprint density at radius 3 is 2.37 bits per heavy atom. The number of nitrogens with one attached hydrogen (secondary N) is 1. The lowest BCUT2D eigenvalue weighted by Crippen LogP contribution is -2.34. The van der Waals surface area contributed by atoms with E-state index in [1.807, 2.05) is 6.07 Å². The van der Waals surface area contributed by atoms with E-state index >= 15 is 0 Å². The Kier molecular flexibility index (Phi) is 5.69. The summed E-state index contributed by atoms with van der Waals surface area (Å²) in [6.45, 7) is 3.10. The molecular weight excluding hydrogens is 266 g/mol. The summed E-state index contributed by atoms with van der Waals surface area (Å²) in [6, 6.07) is 8.85. The maximum Gasteiger partial charge on any atom is 0.304 e. The van der Waals surface area contributed by atoms with E-state index in [0.717, 1.165) is 0 Å². The Labute approximate surface area is 114 Å². The van der Waals surface area contributed by atoms with Crippen LogP contribution in [-0.4, -0.2) is 31.7 Å². The van der Waals surface area contributed by atoms with Crippen molar-refractivity contribution in [1.29, 1.82) is 0 Å². The molecule has 0 aromatic heterocycles. The highest BCUT2D eigenvalue weighted by Crippen LogP contribution is 2.11. The zero-order chi connectivity index (χ0) is 14.4. The largest absolute Gasteiger partial charge is 0.481 e. The SMILES string of the molecule is CC(CC(=O)O)S(=O)C(C)C(=O)Nc1ccccc1. The van der Waals surface area contributed by atoms with E-state index in [-0.39, 0.29) is 12.3 Å². The summed E-state index contributed by atoms with van der Waals surface area (Å²) in [7, 11) is -1.53. The molecule has 1 rings (SSSR count). The molecule has 0 aliphatic rings. The third-order valence-corrected chi connectivity index (χ3v) is 4.49. The number of amides is 1. The molecule has 5 nitrogen and oxygen atoms in total. The standard InChI is InChI=1S/C13H17NO4S/c1-9(8-12(15)16)19(18)10(2)13(17)14-11-6-4-3-5-7-11/h3-7,9-10H,8H2,1-2H3,(H,14,17)(H,15,16). The molecule has 0 aliphatic carbocycles. The third kappa shape index (κ3) is 4.82. The molecule has 0 spiro atoms. The second kappa shape index (κ2) is 7.04. The minimum atomic E-state index is -1.53. The van der Waals surface area contributed by atoms with E-state index in [1.165, 1.54) is 6.92 Å². The van der Waals surface area contributed by atoms with Crippen LogP contribution in [0.4, 0.5) is 5.69 Å². The van der Waals surface area contributed by atoms with Gasteiger partial charge in [-0.1, -0.05) is 25.1 Å². The second-order valence-corrected chi connectivity index (χ2v) is 6.40. The number of hydrogen-bond donors (Lipinski definition) is 2. The van der Waals surface area contributed by atoms with Crippen molar-refractivity contribution in [3.63, 3.8) is 0 Å². The fourth-order valence-corrected chi connectivity index (χ4v) is 2.82. The van der Waals surface area contributed by atoms with Crippen LogP contribution in [0.1, 0.15) is 20.3 Å². The van der Waals surface area contributed by atoms with Crippen molar-refractivity contribution in [3.05, 3.63) is 30.3 Å². The van der Waals surface area contributed by atoms with E-state index < -0.39 is 27.3 Å². The number of carbonyl (C=O) groups excluding carboxylic acids is 1. The predicted octanol–water partition coefficient (Wildman–Crippen LogP) is 1.63. The number of carbonyl (C=O) groups is 2.